The molecule has 0 heterocycles. The molecule has 470 valence electrons. The number of unbranched alkanes of at least 4 members (excludes halogenated alkanes) is 33. The number of hydrogen-bond acceptors (Lipinski definition) is 9. The summed E-state index contributed by atoms with van der Waals surface area (Å²) in [5, 5.41) is 0. The summed E-state index contributed by atoms with van der Waals surface area (Å²) in [7, 11) is 0. The lowest BCUT2D eigenvalue weighted by molar-refractivity contribution is -0.140. The van der Waals surface area contributed by atoms with Gasteiger partial charge < -0.3 is 23.8 Å². The van der Waals surface area contributed by atoms with Gasteiger partial charge in [0.15, 0.2) is 0 Å². The Morgan fingerprint density at radius 3 is 0.741 bits per heavy atom. The highest BCUT2D eigenvalue weighted by Gasteiger charge is 2.06. The van der Waals surface area contributed by atoms with E-state index in [2.05, 4.69) is 72.4 Å². The molecule has 0 atom stereocenters. The zero-order valence-electron chi connectivity index (χ0n) is 54.6. The highest BCUT2D eigenvalue weighted by Crippen LogP contribution is 2.15. The fraction of sp³-hybridized carbons (Fsp3) is 0.722. The van der Waals surface area contributed by atoms with Crippen LogP contribution < -0.4 is 0 Å². The van der Waals surface area contributed by atoms with Crippen LogP contribution in [0.15, 0.2) is 85.5 Å². The molecule has 81 heavy (non-hydrogen) atoms. The maximum Gasteiger partial charge on any atom is 0.333 e. The molecule has 0 saturated heterocycles. The summed E-state index contributed by atoms with van der Waals surface area (Å²) >= 11 is 0. The molecule has 1 aromatic carbocycles. The largest absolute Gasteiger partial charge is 0.462 e. The Morgan fingerprint density at radius 1 is 0.346 bits per heavy atom. The van der Waals surface area contributed by atoms with Crippen molar-refractivity contribution in [3.05, 3.63) is 91.1 Å². The van der Waals surface area contributed by atoms with Gasteiger partial charge in [-0.1, -0.05) is 316 Å². The van der Waals surface area contributed by atoms with Gasteiger partial charge in [0.1, 0.15) is 6.61 Å². The average Bonchev–Trinajstić information content (AvgIpc) is 3.46. The van der Waals surface area contributed by atoms with E-state index in [4.69, 9.17) is 18.9 Å². The Morgan fingerprint density at radius 2 is 0.556 bits per heavy atom. The Kier molecular flexibility index (Phi) is 70.1. The van der Waals surface area contributed by atoms with E-state index < -0.39 is 0 Å². The number of carbonyl (C=O) groups is 4. The molecule has 0 aliphatic carbocycles. The van der Waals surface area contributed by atoms with Crippen LogP contribution >= 0.6 is 0 Å². The van der Waals surface area contributed by atoms with E-state index in [0.29, 0.717) is 48.7 Å². The lowest BCUT2D eigenvalue weighted by atomic mass is 10.0. The number of benzene rings is 1. The number of hydrogen-bond donors (Lipinski definition) is 0. The van der Waals surface area contributed by atoms with E-state index in [1.54, 1.807) is 27.7 Å². The van der Waals surface area contributed by atoms with Crippen LogP contribution in [0.5, 0.6) is 0 Å². The van der Waals surface area contributed by atoms with Crippen molar-refractivity contribution >= 4 is 30.0 Å². The minimum absolute atomic E-state index is 0.255. The number of carbonyl (C=O) groups excluding carboxylic acids is 4. The first kappa shape index (κ1) is 83.2. The van der Waals surface area contributed by atoms with Gasteiger partial charge in [0, 0.05) is 28.8 Å². The quantitative estimate of drug-likeness (QED) is 0.0273. The molecule has 0 aromatic heterocycles. The molecule has 1 rings (SSSR count). The van der Waals surface area contributed by atoms with Gasteiger partial charge >= 0.3 is 23.9 Å². The third-order valence-corrected chi connectivity index (χ3v) is 13.7. The molecule has 0 spiro atoms. The topological polar surface area (TPSA) is 108 Å². The monoisotopic (exact) mass is 1140 g/mol. The Hall–Kier alpha value is -4.24. The van der Waals surface area contributed by atoms with Crippen LogP contribution in [-0.2, 0) is 38.1 Å². The molecule has 0 radical (unpaired) electrons. The van der Waals surface area contributed by atoms with Gasteiger partial charge in [-0.2, -0.15) is 0 Å². The molecule has 9 nitrogen and oxygen atoms in total. The van der Waals surface area contributed by atoms with Crippen LogP contribution in [-0.4, -0.2) is 74.8 Å². The molecule has 1 aromatic rings. The van der Waals surface area contributed by atoms with Crippen molar-refractivity contribution in [1.82, 2.24) is 4.90 Å². The van der Waals surface area contributed by atoms with Crippen molar-refractivity contribution in [2.45, 2.75) is 293 Å². The molecule has 0 bridgehead atoms. The second-order valence-electron chi connectivity index (χ2n) is 22.0. The summed E-state index contributed by atoms with van der Waals surface area (Å²) < 4.78 is 20.1. The summed E-state index contributed by atoms with van der Waals surface area (Å²) in [5.74, 6) is -1.07. The molecule has 0 saturated carbocycles. The number of esters is 4. The first-order valence-corrected chi connectivity index (χ1v) is 32.8. The normalized spacial score (nSPS) is 10.2. The fourth-order valence-electron chi connectivity index (χ4n) is 8.21. The third kappa shape index (κ3) is 70.0. The summed E-state index contributed by atoms with van der Waals surface area (Å²) in [6, 6.07) is 10.0. The summed E-state index contributed by atoms with van der Waals surface area (Å²) in [6.07, 6.45) is 49.5. The van der Waals surface area contributed by atoms with E-state index in [-0.39, 0.29) is 23.9 Å². The highest BCUT2D eigenvalue weighted by molar-refractivity contribution is 5.88. The Labute approximate surface area is 501 Å². The van der Waals surface area contributed by atoms with Crippen LogP contribution in [0.2, 0.25) is 0 Å². The van der Waals surface area contributed by atoms with E-state index in [1.165, 1.54) is 217 Å². The maximum atomic E-state index is 11.2. The predicted octanol–water partition coefficient (Wildman–Crippen LogP) is 21.2. The van der Waals surface area contributed by atoms with E-state index in [9.17, 15) is 19.2 Å². The van der Waals surface area contributed by atoms with Gasteiger partial charge in [-0.3, -0.25) is 0 Å². The smallest absolute Gasteiger partial charge is 0.333 e. The second-order valence-corrected chi connectivity index (χ2v) is 22.0. The van der Waals surface area contributed by atoms with Crippen molar-refractivity contribution < 1.29 is 38.1 Å². The maximum absolute atomic E-state index is 11.2. The molecule has 0 aliphatic rings. The van der Waals surface area contributed by atoms with Crippen LogP contribution in [0.3, 0.4) is 0 Å². The van der Waals surface area contributed by atoms with Gasteiger partial charge in [0.05, 0.1) is 19.8 Å². The van der Waals surface area contributed by atoms with Gasteiger partial charge in [0.25, 0.3) is 0 Å². The molecule has 0 N–H and O–H groups in total. The van der Waals surface area contributed by atoms with Crippen LogP contribution in [0.1, 0.15) is 299 Å². The highest BCUT2D eigenvalue weighted by atomic mass is 16.5. The van der Waals surface area contributed by atoms with E-state index in [1.807, 2.05) is 36.4 Å². The average molecular weight is 1140 g/mol. The van der Waals surface area contributed by atoms with Crippen molar-refractivity contribution in [1.29, 1.82) is 0 Å². The van der Waals surface area contributed by atoms with Crippen molar-refractivity contribution in [3.63, 3.8) is 0 Å². The van der Waals surface area contributed by atoms with E-state index >= 15 is 0 Å². The zero-order chi connectivity index (χ0) is 61.3. The summed E-state index contributed by atoms with van der Waals surface area (Å²) in [4.78, 5) is 46.5. The first-order chi connectivity index (χ1) is 39.1. The molecular weight excluding hydrogens is 1010 g/mol. The number of rotatable bonds is 49. The fourth-order valence-corrected chi connectivity index (χ4v) is 8.21. The van der Waals surface area contributed by atoms with Crippen LogP contribution in [0.25, 0.3) is 6.08 Å². The Balaban J connectivity index is -0.000000471. The van der Waals surface area contributed by atoms with E-state index in [0.717, 1.165) is 38.9 Å². The summed E-state index contributed by atoms with van der Waals surface area (Å²) in [5.41, 5.74) is 3.10. The zero-order valence-corrected chi connectivity index (χ0v) is 54.6. The molecule has 0 unspecified atom stereocenters. The second kappa shape index (κ2) is 68.3. The lowest BCUT2D eigenvalue weighted by Gasteiger charge is -2.17. The predicted molar refractivity (Wildman–Crippen MR) is 351 cm³/mol. The van der Waals surface area contributed by atoms with Gasteiger partial charge in [-0.25, -0.2) is 19.2 Å². The third-order valence-electron chi connectivity index (χ3n) is 13.7. The van der Waals surface area contributed by atoms with Crippen molar-refractivity contribution in [2.75, 3.05) is 46.1 Å². The molecule has 0 amide bonds. The van der Waals surface area contributed by atoms with Crippen LogP contribution in [0, 0.1) is 0 Å². The van der Waals surface area contributed by atoms with Gasteiger partial charge in [-0.05, 0) is 65.6 Å². The molecular formula is C72H129NO8. The van der Waals surface area contributed by atoms with Crippen molar-refractivity contribution in [3.8, 4) is 0 Å². The minimum Gasteiger partial charge on any atom is -0.462 e. The van der Waals surface area contributed by atoms with Crippen molar-refractivity contribution in [2.24, 2.45) is 0 Å². The van der Waals surface area contributed by atoms with Crippen LogP contribution in [0.4, 0.5) is 0 Å². The number of nitrogens with zero attached hydrogens (tertiary/aromatic N) is 1. The molecule has 0 fully saturated rings. The molecule has 9 heteroatoms. The minimum atomic E-state index is -0.299. The SMILES string of the molecule is C=C(C)C(=O)OCCCCCCCCCCCC.C=C(C)C(=O)OCCCCCCCCCCCCCC.C=C(C)C(=O)OCCCCCCCCCCCCCCCC.C=C(C)C(=O)OCCN(CC)CC.C=Cc1ccccc1. The van der Waals surface area contributed by atoms with Gasteiger partial charge in [0.2, 0.25) is 0 Å². The number of likely N-dealkylation sites (N-methyl/N-ethyl adjacent to an activating group) is 1. The molecule has 0 aliphatic heterocycles. The lowest BCUT2D eigenvalue weighted by Crippen LogP contribution is -2.27. The Bertz CT molecular complexity index is 1630. The summed E-state index contributed by atoms with van der Waals surface area (Å²) in [6.45, 7) is 40.3. The van der Waals surface area contributed by atoms with Gasteiger partial charge in [-0.15, -0.1) is 0 Å². The standard InChI is InChI=1S/C20H38O2.C18H34O2.C16H30O2.C10H19NO2.C8H8/c1-4-5-6-7-8-9-10-11-12-13-14-15-16-17-18-22-20(21)19(2)3;1-4-5-6-7-8-9-10-11-12-13-14-15-16-20-18(19)17(2)3;1-4-5-6-7-8-9-10-11-12-13-14-18-16(17)15(2)3;1-5-11(6-2)7-8-13-10(12)9(3)4;1-2-8-6-4-3-5-7-8/h2,4-18H2,1,3H3;2,4-16H2,1,3H3;2,4-14H2,1,3H3;3,5-8H2,1-2,4H3;2-7H,1H2. The number of ether oxygens (including phenoxy) is 4. The first-order valence-electron chi connectivity index (χ1n) is 32.8.